The van der Waals surface area contributed by atoms with E-state index in [1.807, 2.05) is 0 Å². The standard InChI is InChI=1S/C19H16F2N4O3/c20-14-6-13-16(7-15(14)21)23-9-17(13)25-19(27)18(26)24-10-4-12(5-10)28-11-2-1-3-22-8-11/h1-3,6-10,12,23H,4-5H2,(H,24,26)(H,25,27). The number of halogens is 2. The lowest BCUT2D eigenvalue weighted by atomic mass is 9.89. The van der Waals surface area contributed by atoms with E-state index in [9.17, 15) is 18.4 Å². The predicted molar refractivity (Wildman–Crippen MR) is 96.7 cm³/mol. The van der Waals surface area contributed by atoms with E-state index in [2.05, 4.69) is 20.6 Å². The van der Waals surface area contributed by atoms with Crippen LogP contribution in [-0.4, -0.2) is 33.9 Å². The summed E-state index contributed by atoms with van der Waals surface area (Å²) in [6.45, 7) is 0. The van der Waals surface area contributed by atoms with Crippen molar-refractivity contribution >= 4 is 28.4 Å². The number of pyridine rings is 1. The molecule has 3 aromatic rings. The number of hydrogen-bond donors (Lipinski definition) is 3. The van der Waals surface area contributed by atoms with Crippen LogP contribution >= 0.6 is 0 Å². The Hall–Kier alpha value is -3.49. The van der Waals surface area contributed by atoms with E-state index < -0.39 is 23.4 Å². The molecule has 0 saturated heterocycles. The van der Waals surface area contributed by atoms with E-state index in [1.54, 1.807) is 24.5 Å². The minimum Gasteiger partial charge on any atom is -0.489 e. The first kappa shape index (κ1) is 17.9. The SMILES string of the molecule is O=C(Nc1c[nH]c2cc(F)c(F)cc12)C(=O)NC1CC(Oc2cccnc2)C1. The van der Waals surface area contributed by atoms with Crippen molar-refractivity contribution in [3.05, 3.63) is 54.5 Å². The Labute approximate surface area is 158 Å². The molecule has 9 heteroatoms. The molecule has 28 heavy (non-hydrogen) atoms. The Balaban J connectivity index is 1.30. The van der Waals surface area contributed by atoms with Gasteiger partial charge in [-0.15, -0.1) is 0 Å². The van der Waals surface area contributed by atoms with E-state index in [1.165, 1.54) is 6.20 Å². The van der Waals surface area contributed by atoms with Crippen LogP contribution in [-0.2, 0) is 9.59 Å². The van der Waals surface area contributed by atoms with Gasteiger partial charge in [0.25, 0.3) is 0 Å². The van der Waals surface area contributed by atoms with Gasteiger partial charge in [-0.3, -0.25) is 14.6 Å². The Kier molecular flexibility index (Phi) is 4.64. The summed E-state index contributed by atoms with van der Waals surface area (Å²) in [5.74, 6) is -3.08. The summed E-state index contributed by atoms with van der Waals surface area (Å²) in [6, 6.07) is 5.33. The number of hydrogen-bond acceptors (Lipinski definition) is 4. The maximum Gasteiger partial charge on any atom is 0.313 e. The third-order valence-electron chi connectivity index (χ3n) is 4.54. The van der Waals surface area contributed by atoms with Crippen LogP contribution in [0.25, 0.3) is 10.9 Å². The van der Waals surface area contributed by atoms with Gasteiger partial charge in [-0.1, -0.05) is 0 Å². The van der Waals surface area contributed by atoms with Crippen molar-refractivity contribution in [1.29, 1.82) is 0 Å². The van der Waals surface area contributed by atoms with Crippen LogP contribution in [0.15, 0.2) is 42.9 Å². The summed E-state index contributed by atoms with van der Waals surface area (Å²) in [5.41, 5.74) is 0.504. The maximum absolute atomic E-state index is 13.4. The number of anilines is 1. The van der Waals surface area contributed by atoms with Gasteiger partial charge in [-0.05, 0) is 18.2 Å². The Bertz CT molecular complexity index is 1030. The van der Waals surface area contributed by atoms with Crippen molar-refractivity contribution in [1.82, 2.24) is 15.3 Å². The third kappa shape index (κ3) is 3.64. The van der Waals surface area contributed by atoms with Gasteiger partial charge in [0, 0.05) is 42.7 Å². The summed E-state index contributed by atoms with van der Waals surface area (Å²) >= 11 is 0. The molecule has 1 saturated carbocycles. The normalized spacial score (nSPS) is 18.4. The quantitative estimate of drug-likeness (QED) is 0.601. The molecule has 0 radical (unpaired) electrons. The van der Waals surface area contributed by atoms with Crippen LogP contribution in [0.1, 0.15) is 12.8 Å². The first-order valence-corrected chi connectivity index (χ1v) is 8.64. The van der Waals surface area contributed by atoms with Gasteiger partial charge in [0.15, 0.2) is 11.6 Å². The Morgan fingerprint density at radius 2 is 1.96 bits per heavy atom. The number of carbonyl (C=O) groups excluding carboxylic acids is 2. The minimum absolute atomic E-state index is 0.0518. The lowest BCUT2D eigenvalue weighted by Crippen LogP contribution is -2.51. The molecule has 3 N–H and O–H groups in total. The maximum atomic E-state index is 13.4. The van der Waals surface area contributed by atoms with Crippen LogP contribution in [0.3, 0.4) is 0 Å². The number of nitrogens with one attached hydrogen (secondary N) is 3. The number of aromatic amines is 1. The van der Waals surface area contributed by atoms with E-state index in [-0.39, 0.29) is 23.2 Å². The topological polar surface area (TPSA) is 96.1 Å². The van der Waals surface area contributed by atoms with Gasteiger partial charge in [0.05, 0.1) is 17.4 Å². The summed E-state index contributed by atoms with van der Waals surface area (Å²) in [7, 11) is 0. The van der Waals surface area contributed by atoms with Gasteiger partial charge in [-0.2, -0.15) is 0 Å². The van der Waals surface area contributed by atoms with Gasteiger partial charge in [-0.25, -0.2) is 8.78 Å². The molecule has 1 aliphatic carbocycles. The fourth-order valence-corrected chi connectivity index (χ4v) is 3.04. The van der Waals surface area contributed by atoms with Crippen molar-refractivity contribution in [2.45, 2.75) is 25.0 Å². The van der Waals surface area contributed by atoms with Crippen LogP contribution in [0.2, 0.25) is 0 Å². The lowest BCUT2D eigenvalue weighted by molar-refractivity contribution is -0.137. The van der Waals surface area contributed by atoms with Crippen molar-refractivity contribution < 1.29 is 23.1 Å². The van der Waals surface area contributed by atoms with E-state index in [4.69, 9.17) is 4.74 Å². The first-order valence-electron chi connectivity index (χ1n) is 8.64. The van der Waals surface area contributed by atoms with Crippen LogP contribution in [0.5, 0.6) is 5.75 Å². The summed E-state index contributed by atoms with van der Waals surface area (Å²) in [6.07, 6.45) is 5.72. The zero-order valence-corrected chi connectivity index (χ0v) is 14.5. The van der Waals surface area contributed by atoms with E-state index in [0.717, 1.165) is 12.1 Å². The van der Waals surface area contributed by atoms with Gasteiger partial charge >= 0.3 is 11.8 Å². The van der Waals surface area contributed by atoms with Gasteiger partial charge in [0.2, 0.25) is 0 Å². The molecule has 1 aliphatic rings. The first-order chi connectivity index (χ1) is 13.5. The largest absolute Gasteiger partial charge is 0.489 e. The Morgan fingerprint density at radius 3 is 2.71 bits per heavy atom. The number of amides is 2. The molecule has 1 fully saturated rings. The molecular formula is C19H16F2N4O3. The highest BCUT2D eigenvalue weighted by atomic mass is 19.2. The van der Waals surface area contributed by atoms with Crippen LogP contribution in [0, 0.1) is 11.6 Å². The monoisotopic (exact) mass is 386 g/mol. The molecule has 0 bridgehead atoms. The molecule has 4 rings (SSSR count). The van der Waals surface area contributed by atoms with Crippen molar-refractivity contribution in [2.24, 2.45) is 0 Å². The summed E-state index contributed by atoms with van der Waals surface area (Å²) in [4.78, 5) is 30.9. The summed E-state index contributed by atoms with van der Waals surface area (Å²) < 4.78 is 32.4. The molecule has 2 aromatic heterocycles. The second-order valence-electron chi connectivity index (χ2n) is 6.54. The fraction of sp³-hybridized carbons (Fsp3) is 0.211. The van der Waals surface area contributed by atoms with E-state index >= 15 is 0 Å². The minimum atomic E-state index is -1.04. The highest BCUT2D eigenvalue weighted by molar-refractivity contribution is 6.40. The molecule has 0 unspecified atom stereocenters. The second-order valence-corrected chi connectivity index (χ2v) is 6.54. The number of aromatic nitrogens is 2. The molecular weight excluding hydrogens is 370 g/mol. The number of ether oxygens (including phenoxy) is 1. The second kappa shape index (κ2) is 7.26. The highest BCUT2D eigenvalue weighted by Gasteiger charge is 2.33. The molecule has 0 aliphatic heterocycles. The number of H-pyrrole nitrogens is 1. The van der Waals surface area contributed by atoms with Crippen molar-refractivity contribution in [3.8, 4) is 5.75 Å². The van der Waals surface area contributed by atoms with Crippen LogP contribution in [0.4, 0.5) is 14.5 Å². The van der Waals surface area contributed by atoms with Gasteiger partial charge in [0.1, 0.15) is 11.9 Å². The molecule has 144 valence electrons. The average molecular weight is 386 g/mol. The van der Waals surface area contributed by atoms with Crippen molar-refractivity contribution in [3.63, 3.8) is 0 Å². The van der Waals surface area contributed by atoms with E-state index in [0.29, 0.717) is 24.1 Å². The molecule has 2 heterocycles. The predicted octanol–water partition coefficient (Wildman–Crippen LogP) is 2.51. The molecule has 2 amide bonds. The Morgan fingerprint density at radius 1 is 1.18 bits per heavy atom. The molecule has 0 atom stereocenters. The fourth-order valence-electron chi connectivity index (χ4n) is 3.04. The zero-order valence-electron chi connectivity index (χ0n) is 14.5. The van der Waals surface area contributed by atoms with Gasteiger partial charge < -0.3 is 20.4 Å². The lowest BCUT2D eigenvalue weighted by Gasteiger charge is -2.35. The third-order valence-corrected chi connectivity index (χ3v) is 4.54. The van der Waals surface area contributed by atoms with Crippen molar-refractivity contribution in [2.75, 3.05) is 5.32 Å². The number of benzene rings is 1. The summed E-state index contributed by atoms with van der Waals surface area (Å²) in [5, 5.41) is 5.30. The smallest absolute Gasteiger partial charge is 0.313 e. The number of nitrogens with zero attached hydrogens (tertiary/aromatic N) is 1. The average Bonchev–Trinajstić information content (AvgIpc) is 3.02. The zero-order chi connectivity index (χ0) is 19.7. The molecule has 0 spiro atoms. The number of rotatable bonds is 4. The molecule has 7 nitrogen and oxygen atoms in total. The number of fused-ring (bicyclic) bond motifs is 1. The molecule has 1 aromatic carbocycles. The highest BCUT2D eigenvalue weighted by Crippen LogP contribution is 2.27. The van der Waals surface area contributed by atoms with Crippen LogP contribution < -0.4 is 15.4 Å². The number of carbonyl (C=O) groups is 2.